The number of hydrogen-bond acceptors (Lipinski definition) is 3. The number of amides is 1. The van der Waals surface area contributed by atoms with E-state index in [0.717, 1.165) is 14.2 Å². The van der Waals surface area contributed by atoms with Gasteiger partial charge in [0.25, 0.3) is 5.91 Å². The lowest BCUT2D eigenvalue weighted by molar-refractivity contribution is 0.0758. The molecular formula is C10H14INOS2. The number of carbonyl (C=O) groups is 1. The van der Waals surface area contributed by atoms with Crippen LogP contribution in [0.2, 0.25) is 0 Å². The van der Waals surface area contributed by atoms with Crippen LogP contribution >= 0.6 is 45.7 Å². The highest BCUT2D eigenvalue weighted by molar-refractivity contribution is 14.1. The minimum Gasteiger partial charge on any atom is -0.338 e. The monoisotopic (exact) mass is 355 g/mol. The Balaban J connectivity index is 2.68. The maximum Gasteiger partial charge on any atom is 0.254 e. The number of carbonyl (C=O) groups excluding carboxylic acids is 1. The minimum absolute atomic E-state index is 0.121. The number of halogens is 1. The Morgan fingerprint density at radius 2 is 2.40 bits per heavy atom. The van der Waals surface area contributed by atoms with Crippen LogP contribution in [0.5, 0.6) is 0 Å². The molecule has 0 aliphatic heterocycles. The summed E-state index contributed by atoms with van der Waals surface area (Å²) < 4.78 is 1.15. The zero-order valence-corrected chi connectivity index (χ0v) is 12.8. The van der Waals surface area contributed by atoms with E-state index in [1.807, 2.05) is 23.4 Å². The van der Waals surface area contributed by atoms with Crippen molar-refractivity contribution in [3.63, 3.8) is 0 Å². The van der Waals surface area contributed by atoms with Gasteiger partial charge in [0.1, 0.15) is 0 Å². The van der Waals surface area contributed by atoms with Crippen LogP contribution in [0.25, 0.3) is 0 Å². The minimum atomic E-state index is 0.121. The SMILES string of the molecule is CSCC(C)N(C)C(=O)c1csc(I)c1. The molecule has 5 heteroatoms. The van der Waals surface area contributed by atoms with Crippen molar-refractivity contribution in [3.8, 4) is 0 Å². The normalized spacial score (nSPS) is 12.5. The third-order valence-corrected chi connectivity index (χ3v) is 4.81. The maximum absolute atomic E-state index is 12.0. The highest BCUT2D eigenvalue weighted by Crippen LogP contribution is 2.18. The predicted octanol–water partition coefficient (Wildman–Crippen LogP) is 3.18. The average molecular weight is 355 g/mol. The highest BCUT2D eigenvalue weighted by Gasteiger charge is 2.17. The van der Waals surface area contributed by atoms with E-state index in [0.29, 0.717) is 0 Å². The van der Waals surface area contributed by atoms with E-state index in [4.69, 9.17) is 0 Å². The van der Waals surface area contributed by atoms with Crippen molar-refractivity contribution < 1.29 is 4.79 Å². The number of thiophene rings is 1. The molecule has 0 fully saturated rings. The van der Waals surface area contributed by atoms with Gasteiger partial charge in [-0.15, -0.1) is 11.3 Å². The molecule has 1 aromatic rings. The zero-order valence-electron chi connectivity index (χ0n) is 8.99. The summed E-state index contributed by atoms with van der Waals surface area (Å²) in [5, 5.41) is 1.92. The Hall–Kier alpha value is 0.250. The van der Waals surface area contributed by atoms with Crippen LogP contribution in [0.3, 0.4) is 0 Å². The highest BCUT2D eigenvalue weighted by atomic mass is 127. The van der Waals surface area contributed by atoms with Gasteiger partial charge in [0, 0.05) is 24.2 Å². The maximum atomic E-state index is 12.0. The molecule has 1 atom stereocenters. The van der Waals surface area contributed by atoms with Crippen molar-refractivity contribution in [3.05, 3.63) is 19.9 Å². The Morgan fingerprint density at radius 3 is 2.87 bits per heavy atom. The van der Waals surface area contributed by atoms with Crippen molar-refractivity contribution in [1.82, 2.24) is 4.90 Å². The van der Waals surface area contributed by atoms with E-state index in [2.05, 4.69) is 35.8 Å². The molecule has 0 bridgehead atoms. The van der Waals surface area contributed by atoms with E-state index in [1.165, 1.54) is 0 Å². The molecule has 84 valence electrons. The average Bonchev–Trinajstić information content (AvgIpc) is 2.63. The van der Waals surface area contributed by atoms with Gasteiger partial charge in [0.15, 0.2) is 0 Å². The van der Waals surface area contributed by atoms with Crippen LogP contribution in [0.1, 0.15) is 17.3 Å². The van der Waals surface area contributed by atoms with Gasteiger partial charge in [-0.3, -0.25) is 4.79 Å². The lowest BCUT2D eigenvalue weighted by Gasteiger charge is -2.23. The molecule has 2 nitrogen and oxygen atoms in total. The Morgan fingerprint density at radius 1 is 1.73 bits per heavy atom. The number of thioether (sulfide) groups is 1. The van der Waals surface area contributed by atoms with Crippen LogP contribution in [0.4, 0.5) is 0 Å². The summed E-state index contributed by atoms with van der Waals surface area (Å²) in [7, 11) is 1.87. The van der Waals surface area contributed by atoms with Crippen LogP contribution in [-0.2, 0) is 0 Å². The van der Waals surface area contributed by atoms with Gasteiger partial charge in [-0.2, -0.15) is 11.8 Å². The fourth-order valence-corrected chi connectivity index (χ4v) is 3.21. The van der Waals surface area contributed by atoms with Crippen LogP contribution < -0.4 is 0 Å². The second-order valence-electron chi connectivity index (χ2n) is 3.36. The molecule has 1 rings (SSSR count). The third kappa shape index (κ3) is 3.64. The van der Waals surface area contributed by atoms with Crippen molar-refractivity contribution in [2.24, 2.45) is 0 Å². The molecule has 0 aliphatic rings. The van der Waals surface area contributed by atoms with Crippen LogP contribution in [0.15, 0.2) is 11.4 Å². The third-order valence-electron chi connectivity index (χ3n) is 2.20. The molecule has 0 saturated heterocycles. The van der Waals surface area contributed by atoms with Gasteiger partial charge in [-0.05, 0) is 41.8 Å². The first kappa shape index (κ1) is 13.3. The number of hydrogen-bond donors (Lipinski definition) is 0. The van der Waals surface area contributed by atoms with Crippen LogP contribution in [0, 0.1) is 2.88 Å². The zero-order chi connectivity index (χ0) is 11.4. The molecule has 0 N–H and O–H groups in total. The Labute approximate surface area is 113 Å². The molecule has 1 heterocycles. The standard InChI is InChI=1S/C10H14INOS2/c1-7(5-14-3)12(2)10(13)8-4-9(11)15-6-8/h4,6-7H,5H2,1-3H3. The fourth-order valence-electron chi connectivity index (χ4n) is 1.18. The lowest BCUT2D eigenvalue weighted by Crippen LogP contribution is -2.36. The van der Waals surface area contributed by atoms with E-state index >= 15 is 0 Å². The van der Waals surface area contributed by atoms with Gasteiger partial charge in [-0.25, -0.2) is 0 Å². The van der Waals surface area contributed by atoms with E-state index < -0.39 is 0 Å². The van der Waals surface area contributed by atoms with Crippen molar-refractivity contribution >= 4 is 51.6 Å². The summed E-state index contributed by atoms with van der Waals surface area (Å²) in [5.41, 5.74) is 0.805. The van der Waals surface area contributed by atoms with Crippen molar-refractivity contribution in [2.45, 2.75) is 13.0 Å². The predicted molar refractivity (Wildman–Crippen MR) is 77.0 cm³/mol. The molecule has 0 aromatic carbocycles. The van der Waals surface area contributed by atoms with Gasteiger partial charge < -0.3 is 4.90 Å². The number of rotatable bonds is 4. The summed E-state index contributed by atoms with van der Waals surface area (Å²) >= 11 is 5.61. The molecule has 1 aromatic heterocycles. The van der Waals surface area contributed by atoms with E-state index in [-0.39, 0.29) is 11.9 Å². The lowest BCUT2D eigenvalue weighted by atomic mass is 10.2. The molecule has 1 amide bonds. The second kappa shape index (κ2) is 6.10. The van der Waals surface area contributed by atoms with E-state index in [1.54, 1.807) is 23.1 Å². The van der Waals surface area contributed by atoms with Crippen molar-refractivity contribution in [1.29, 1.82) is 0 Å². The Kier molecular flexibility index (Phi) is 5.42. The molecule has 1 unspecified atom stereocenters. The van der Waals surface area contributed by atoms with E-state index in [9.17, 15) is 4.79 Å². The molecular weight excluding hydrogens is 341 g/mol. The Bertz CT molecular complexity index is 340. The summed E-state index contributed by atoms with van der Waals surface area (Å²) in [6.07, 6.45) is 2.06. The smallest absolute Gasteiger partial charge is 0.254 e. The molecule has 0 saturated carbocycles. The first-order valence-corrected chi connectivity index (χ1v) is 7.91. The summed E-state index contributed by atoms with van der Waals surface area (Å²) in [6, 6.07) is 2.22. The van der Waals surface area contributed by atoms with Gasteiger partial charge in [0.2, 0.25) is 0 Å². The quantitative estimate of drug-likeness (QED) is 0.774. The first-order valence-electron chi connectivity index (χ1n) is 4.56. The summed E-state index contributed by atoms with van der Waals surface area (Å²) in [6.45, 7) is 2.08. The molecule has 15 heavy (non-hydrogen) atoms. The fraction of sp³-hybridized carbons (Fsp3) is 0.500. The van der Waals surface area contributed by atoms with Crippen molar-refractivity contribution in [2.75, 3.05) is 19.1 Å². The van der Waals surface area contributed by atoms with Gasteiger partial charge >= 0.3 is 0 Å². The largest absolute Gasteiger partial charge is 0.338 e. The number of nitrogens with zero attached hydrogens (tertiary/aromatic N) is 1. The topological polar surface area (TPSA) is 20.3 Å². The summed E-state index contributed by atoms with van der Waals surface area (Å²) in [4.78, 5) is 13.8. The molecule has 0 aliphatic carbocycles. The molecule has 0 radical (unpaired) electrons. The summed E-state index contributed by atoms with van der Waals surface area (Å²) in [5.74, 6) is 1.10. The van der Waals surface area contributed by atoms with Crippen LogP contribution in [-0.4, -0.2) is 35.9 Å². The second-order valence-corrected chi connectivity index (χ2v) is 7.08. The van der Waals surface area contributed by atoms with Gasteiger partial charge in [0.05, 0.1) is 8.45 Å². The first-order chi connectivity index (χ1) is 7.06. The van der Waals surface area contributed by atoms with Gasteiger partial charge in [-0.1, -0.05) is 0 Å². The molecule has 0 spiro atoms.